The number of halogens is 1. The zero-order valence-corrected chi connectivity index (χ0v) is 15.3. The molecule has 0 bridgehead atoms. The van der Waals surface area contributed by atoms with Gasteiger partial charge in [-0.3, -0.25) is 4.79 Å². The van der Waals surface area contributed by atoms with E-state index in [0.29, 0.717) is 6.54 Å². The van der Waals surface area contributed by atoms with Crippen molar-refractivity contribution in [1.82, 2.24) is 9.47 Å². The summed E-state index contributed by atoms with van der Waals surface area (Å²) in [6.45, 7) is 5.57. The van der Waals surface area contributed by atoms with Crippen molar-refractivity contribution in [3.05, 3.63) is 58.9 Å². The van der Waals surface area contributed by atoms with Crippen LogP contribution in [0, 0.1) is 0 Å². The molecule has 1 atom stereocenters. The van der Waals surface area contributed by atoms with E-state index in [1.807, 2.05) is 35.4 Å². The van der Waals surface area contributed by atoms with Crippen molar-refractivity contribution in [3.8, 4) is 0 Å². The Morgan fingerprint density at radius 3 is 2.79 bits per heavy atom. The second-order valence-electron chi connectivity index (χ2n) is 5.97. The van der Waals surface area contributed by atoms with Gasteiger partial charge in [0.25, 0.3) is 0 Å². The Balaban J connectivity index is 2.16. The van der Waals surface area contributed by atoms with Gasteiger partial charge in [-0.1, -0.05) is 30.7 Å². The lowest BCUT2D eigenvalue weighted by Crippen LogP contribution is -2.40. The van der Waals surface area contributed by atoms with E-state index < -0.39 is 0 Å². The second-order valence-corrected chi connectivity index (χ2v) is 6.41. The van der Waals surface area contributed by atoms with E-state index in [2.05, 4.69) is 30.5 Å². The molecule has 1 unspecified atom stereocenters. The van der Waals surface area contributed by atoms with Gasteiger partial charge in [-0.15, -0.1) is 0 Å². The van der Waals surface area contributed by atoms with Crippen LogP contribution in [0.1, 0.15) is 31.5 Å². The average Bonchev–Trinajstić information content (AvgIpc) is 2.99. The van der Waals surface area contributed by atoms with Gasteiger partial charge in [-0.25, -0.2) is 0 Å². The number of hydrogen-bond acceptors (Lipinski definition) is 2. The van der Waals surface area contributed by atoms with Gasteiger partial charge in [0.15, 0.2) is 0 Å². The standard InChI is InChI=1S/C19H25ClN2O2/c1-4-15(2)22(19(23)14-24-3)13-18-9-6-10-21(18)12-16-7-5-8-17(20)11-16/h5-11,15H,4,12-14H2,1-3H3. The molecule has 0 N–H and O–H groups in total. The van der Waals surface area contributed by atoms with E-state index in [1.54, 1.807) is 7.11 Å². The van der Waals surface area contributed by atoms with E-state index in [0.717, 1.165) is 29.2 Å². The van der Waals surface area contributed by atoms with E-state index in [4.69, 9.17) is 16.3 Å². The Hall–Kier alpha value is -1.78. The maximum absolute atomic E-state index is 12.4. The highest BCUT2D eigenvalue weighted by Gasteiger charge is 2.20. The SMILES string of the molecule is CCC(C)N(Cc1cccn1Cc1cccc(Cl)c1)C(=O)COC. The molecule has 4 nitrogen and oxygen atoms in total. The molecule has 2 aromatic rings. The summed E-state index contributed by atoms with van der Waals surface area (Å²) in [6.07, 6.45) is 2.94. The predicted molar refractivity (Wildman–Crippen MR) is 97.2 cm³/mol. The summed E-state index contributed by atoms with van der Waals surface area (Å²) < 4.78 is 7.18. The van der Waals surface area contributed by atoms with Crippen molar-refractivity contribution in [3.63, 3.8) is 0 Å². The monoisotopic (exact) mass is 348 g/mol. The molecule has 1 aromatic heterocycles. The van der Waals surface area contributed by atoms with Crippen LogP contribution < -0.4 is 0 Å². The average molecular weight is 349 g/mol. The molecule has 0 aliphatic carbocycles. The maximum atomic E-state index is 12.4. The number of methoxy groups -OCH3 is 1. The predicted octanol–water partition coefficient (Wildman–Crippen LogP) is 3.96. The summed E-state index contributed by atoms with van der Waals surface area (Å²) in [4.78, 5) is 14.2. The lowest BCUT2D eigenvalue weighted by Gasteiger charge is -2.29. The fourth-order valence-electron chi connectivity index (χ4n) is 2.67. The zero-order valence-electron chi connectivity index (χ0n) is 14.5. The molecule has 5 heteroatoms. The number of hydrogen-bond donors (Lipinski definition) is 0. The molecule has 130 valence electrons. The first kappa shape index (κ1) is 18.6. The van der Waals surface area contributed by atoms with Crippen molar-refractivity contribution in [2.24, 2.45) is 0 Å². The molecule has 0 aliphatic rings. The van der Waals surface area contributed by atoms with Crippen LogP contribution in [-0.4, -0.2) is 35.1 Å². The topological polar surface area (TPSA) is 34.5 Å². The van der Waals surface area contributed by atoms with Gasteiger partial charge in [-0.05, 0) is 43.2 Å². The maximum Gasteiger partial charge on any atom is 0.249 e. The van der Waals surface area contributed by atoms with Crippen LogP contribution in [0.4, 0.5) is 0 Å². The molecule has 1 heterocycles. The minimum Gasteiger partial charge on any atom is -0.375 e. The Morgan fingerprint density at radius 2 is 2.12 bits per heavy atom. The van der Waals surface area contributed by atoms with Gasteiger partial charge in [0.1, 0.15) is 6.61 Å². The summed E-state index contributed by atoms with van der Waals surface area (Å²) in [6, 6.07) is 12.1. The lowest BCUT2D eigenvalue weighted by atomic mass is 10.2. The Bertz CT molecular complexity index is 669. The molecular weight excluding hydrogens is 324 g/mol. The third-order valence-corrected chi connectivity index (χ3v) is 4.44. The molecule has 0 radical (unpaired) electrons. The number of rotatable bonds is 8. The van der Waals surface area contributed by atoms with E-state index >= 15 is 0 Å². The molecule has 2 rings (SSSR count). The van der Waals surface area contributed by atoms with Crippen LogP contribution in [0.15, 0.2) is 42.6 Å². The summed E-state index contributed by atoms with van der Waals surface area (Å²) in [5.41, 5.74) is 2.23. The van der Waals surface area contributed by atoms with Crippen LogP contribution in [0.3, 0.4) is 0 Å². The van der Waals surface area contributed by atoms with E-state index in [9.17, 15) is 4.79 Å². The Labute approximate surface area is 149 Å². The van der Waals surface area contributed by atoms with Gasteiger partial charge in [0.2, 0.25) is 5.91 Å². The van der Waals surface area contributed by atoms with Gasteiger partial charge < -0.3 is 14.2 Å². The van der Waals surface area contributed by atoms with Crippen LogP contribution in [0.25, 0.3) is 0 Å². The molecule has 0 saturated heterocycles. The van der Waals surface area contributed by atoms with Gasteiger partial charge in [0.05, 0.1) is 6.54 Å². The number of nitrogens with zero attached hydrogens (tertiary/aromatic N) is 2. The molecule has 0 saturated carbocycles. The van der Waals surface area contributed by atoms with E-state index in [-0.39, 0.29) is 18.6 Å². The quantitative estimate of drug-likeness (QED) is 0.723. The van der Waals surface area contributed by atoms with Crippen molar-refractivity contribution < 1.29 is 9.53 Å². The first-order chi connectivity index (χ1) is 11.5. The minimum absolute atomic E-state index is 0.0161. The van der Waals surface area contributed by atoms with Crippen molar-refractivity contribution in [1.29, 1.82) is 0 Å². The largest absolute Gasteiger partial charge is 0.375 e. The third kappa shape index (κ3) is 4.86. The van der Waals surface area contributed by atoms with E-state index in [1.165, 1.54) is 0 Å². The van der Waals surface area contributed by atoms with Gasteiger partial charge >= 0.3 is 0 Å². The summed E-state index contributed by atoms with van der Waals surface area (Å²) >= 11 is 6.07. The molecule has 24 heavy (non-hydrogen) atoms. The van der Waals surface area contributed by atoms with Crippen LogP contribution >= 0.6 is 11.6 Å². The number of ether oxygens (including phenoxy) is 1. The fourth-order valence-corrected chi connectivity index (χ4v) is 2.88. The normalized spacial score (nSPS) is 12.2. The third-order valence-electron chi connectivity index (χ3n) is 4.21. The van der Waals surface area contributed by atoms with Crippen molar-refractivity contribution in [2.75, 3.05) is 13.7 Å². The smallest absolute Gasteiger partial charge is 0.249 e. The Morgan fingerprint density at radius 1 is 1.33 bits per heavy atom. The highest BCUT2D eigenvalue weighted by Crippen LogP contribution is 2.16. The molecule has 0 aliphatic heterocycles. The highest BCUT2D eigenvalue weighted by molar-refractivity contribution is 6.30. The lowest BCUT2D eigenvalue weighted by molar-refractivity contribution is -0.138. The first-order valence-electron chi connectivity index (χ1n) is 8.22. The van der Waals surface area contributed by atoms with Gasteiger partial charge in [-0.2, -0.15) is 0 Å². The summed E-state index contributed by atoms with van der Waals surface area (Å²) in [5.74, 6) is 0.0161. The number of amides is 1. The number of carbonyl (C=O) groups is 1. The molecule has 1 aromatic carbocycles. The van der Waals surface area contributed by atoms with Crippen LogP contribution in [0.5, 0.6) is 0 Å². The first-order valence-corrected chi connectivity index (χ1v) is 8.59. The zero-order chi connectivity index (χ0) is 17.5. The van der Waals surface area contributed by atoms with Gasteiger partial charge in [0, 0.05) is 36.6 Å². The minimum atomic E-state index is 0.0161. The Kier molecular flexibility index (Phi) is 6.88. The highest BCUT2D eigenvalue weighted by atomic mass is 35.5. The number of aromatic nitrogens is 1. The molecule has 0 fully saturated rings. The molecule has 1 amide bonds. The van der Waals surface area contributed by atoms with Crippen LogP contribution in [0.2, 0.25) is 5.02 Å². The molecular formula is C19H25ClN2O2. The fraction of sp³-hybridized carbons (Fsp3) is 0.421. The number of benzene rings is 1. The van der Waals surface area contributed by atoms with Crippen LogP contribution in [-0.2, 0) is 22.6 Å². The summed E-state index contributed by atoms with van der Waals surface area (Å²) in [5, 5.41) is 0.734. The van der Waals surface area contributed by atoms with Crippen molar-refractivity contribution in [2.45, 2.75) is 39.4 Å². The number of carbonyl (C=O) groups excluding carboxylic acids is 1. The van der Waals surface area contributed by atoms with Crippen molar-refractivity contribution >= 4 is 17.5 Å². The second kappa shape index (κ2) is 8.90. The summed E-state index contributed by atoms with van der Waals surface area (Å²) in [7, 11) is 1.55. The molecule has 0 spiro atoms.